The normalized spacial score (nSPS) is 12.3. The van der Waals surface area contributed by atoms with Crippen LogP contribution in [0.3, 0.4) is 0 Å². The van der Waals surface area contributed by atoms with Crippen molar-refractivity contribution in [1.82, 2.24) is 9.97 Å². The molecule has 5 nitrogen and oxygen atoms in total. The number of aromatic nitrogens is 2. The van der Waals surface area contributed by atoms with Crippen molar-refractivity contribution < 1.29 is 9.90 Å². The summed E-state index contributed by atoms with van der Waals surface area (Å²) in [5, 5.41) is 8.31. The Bertz CT molecular complexity index is 359. The molecule has 0 saturated carbocycles. The third-order valence-electron chi connectivity index (χ3n) is 2.42. The van der Waals surface area contributed by atoms with Crippen LogP contribution in [0.25, 0.3) is 0 Å². The SMILES string of the molecule is CC(C)(C)CCCC(=O)O.CC(N)c1cncnc1. The molecule has 0 bridgehead atoms. The van der Waals surface area contributed by atoms with Crippen LogP contribution in [0.5, 0.6) is 0 Å². The van der Waals surface area contributed by atoms with E-state index in [1.807, 2.05) is 6.92 Å². The number of hydrogen-bond acceptors (Lipinski definition) is 4. The van der Waals surface area contributed by atoms with Crippen LogP contribution < -0.4 is 5.73 Å². The number of carboxylic acid groups (broad SMARTS) is 1. The number of hydrogen-bond donors (Lipinski definition) is 2. The van der Waals surface area contributed by atoms with Gasteiger partial charge in [0.2, 0.25) is 0 Å². The van der Waals surface area contributed by atoms with Gasteiger partial charge in [0.25, 0.3) is 0 Å². The van der Waals surface area contributed by atoms with Gasteiger partial charge in [0.15, 0.2) is 0 Å². The molecule has 1 rings (SSSR count). The molecule has 0 aromatic carbocycles. The van der Waals surface area contributed by atoms with Crippen molar-refractivity contribution in [3.05, 3.63) is 24.3 Å². The van der Waals surface area contributed by atoms with E-state index in [2.05, 4.69) is 30.7 Å². The highest BCUT2D eigenvalue weighted by atomic mass is 16.4. The summed E-state index contributed by atoms with van der Waals surface area (Å²) in [7, 11) is 0. The summed E-state index contributed by atoms with van der Waals surface area (Å²) < 4.78 is 0. The van der Waals surface area contributed by atoms with Crippen molar-refractivity contribution in [2.24, 2.45) is 11.1 Å². The first kappa shape index (κ1) is 17.5. The minimum absolute atomic E-state index is 0.0335. The summed E-state index contributed by atoms with van der Waals surface area (Å²) in [5.74, 6) is -0.691. The lowest BCUT2D eigenvalue weighted by molar-refractivity contribution is -0.137. The van der Waals surface area contributed by atoms with Crippen molar-refractivity contribution in [3.8, 4) is 0 Å². The largest absolute Gasteiger partial charge is 0.481 e. The second-order valence-electron chi connectivity index (χ2n) is 5.77. The van der Waals surface area contributed by atoms with Crippen molar-refractivity contribution >= 4 is 5.97 Å². The van der Waals surface area contributed by atoms with Gasteiger partial charge in [0, 0.05) is 30.4 Å². The molecule has 0 spiro atoms. The average molecular weight is 267 g/mol. The topological polar surface area (TPSA) is 89.1 Å². The summed E-state index contributed by atoms with van der Waals surface area (Å²) in [5.41, 5.74) is 6.78. The van der Waals surface area contributed by atoms with E-state index in [9.17, 15) is 4.79 Å². The molecule has 0 aliphatic carbocycles. The lowest BCUT2D eigenvalue weighted by atomic mass is 9.90. The molecule has 0 saturated heterocycles. The van der Waals surface area contributed by atoms with Crippen LogP contribution in [0.1, 0.15) is 58.6 Å². The van der Waals surface area contributed by atoms with Crippen LogP contribution >= 0.6 is 0 Å². The lowest BCUT2D eigenvalue weighted by Gasteiger charge is -2.16. The van der Waals surface area contributed by atoms with E-state index in [4.69, 9.17) is 10.8 Å². The van der Waals surface area contributed by atoms with Crippen LogP contribution in [0, 0.1) is 5.41 Å². The van der Waals surface area contributed by atoms with Gasteiger partial charge < -0.3 is 10.8 Å². The highest BCUT2D eigenvalue weighted by molar-refractivity contribution is 5.66. The molecular formula is C14H25N3O2. The summed E-state index contributed by atoms with van der Waals surface area (Å²) in [6, 6.07) is 0.0335. The van der Waals surface area contributed by atoms with Crippen LogP contribution in [-0.4, -0.2) is 21.0 Å². The standard InChI is InChI=1S/C8H16O2.C6H9N3/c1-8(2,3)6-4-5-7(9)10;1-5(7)6-2-8-4-9-3-6/h4-6H2,1-3H3,(H,9,10);2-5H,7H2,1H3. The Labute approximate surface area is 115 Å². The molecule has 19 heavy (non-hydrogen) atoms. The van der Waals surface area contributed by atoms with Gasteiger partial charge in [-0.3, -0.25) is 4.79 Å². The maximum atomic E-state index is 10.1. The Hall–Kier alpha value is -1.49. The van der Waals surface area contributed by atoms with Gasteiger partial charge in [0.1, 0.15) is 6.33 Å². The van der Waals surface area contributed by atoms with E-state index in [1.54, 1.807) is 12.4 Å². The van der Waals surface area contributed by atoms with Crippen LogP contribution in [0.15, 0.2) is 18.7 Å². The predicted octanol–water partition coefficient (Wildman–Crippen LogP) is 2.78. The number of nitrogens with two attached hydrogens (primary N) is 1. The Morgan fingerprint density at radius 2 is 1.89 bits per heavy atom. The second kappa shape index (κ2) is 8.58. The molecule has 1 unspecified atom stereocenters. The third-order valence-corrected chi connectivity index (χ3v) is 2.42. The van der Waals surface area contributed by atoms with E-state index in [1.165, 1.54) is 6.33 Å². The van der Waals surface area contributed by atoms with E-state index < -0.39 is 5.97 Å². The fourth-order valence-corrected chi connectivity index (χ4v) is 1.32. The van der Waals surface area contributed by atoms with Gasteiger partial charge in [-0.15, -0.1) is 0 Å². The zero-order valence-corrected chi connectivity index (χ0v) is 12.3. The maximum Gasteiger partial charge on any atom is 0.303 e. The molecular weight excluding hydrogens is 242 g/mol. The Balaban J connectivity index is 0.000000342. The molecule has 0 aliphatic rings. The molecule has 0 radical (unpaired) electrons. The van der Waals surface area contributed by atoms with Crippen LogP contribution in [0.4, 0.5) is 0 Å². The zero-order valence-electron chi connectivity index (χ0n) is 12.3. The molecule has 3 N–H and O–H groups in total. The summed E-state index contributed by atoms with van der Waals surface area (Å²) in [4.78, 5) is 17.7. The second-order valence-corrected chi connectivity index (χ2v) is 5.77. The molecule has 1 atom stereocenters. The fraction of sp³-hybridized carbons (Fsp3) is 0.643. The highest BCUT2D eigenvalue weighted by Crippen LogP contribution is 2.21. The molecule has 1 aromatic rings. The quantitative estimate of drug-likeness (QED) is 0.875. The van der Waals surface area contributed by atoms with E-state index in [0.717, 1.165) is 18.4 Å². The molecule has 1 heterocycles. The predicted molar refractivity (Wildman–Crippen MR) is 75.6 cm³/mol. The Kier molecular flexibility index (Phi) is 7.91. The van der Waals surface area contributed by atoms with E-state index in [0.29, 0.717) is 6.42 Å². The first-order valence-electron chi connectivity index (χ1n) is 6.44. The Morgan fingerprint density at radius 1 is 1.37 bits per heavy atom. The van der Waals surface area contributed by atoms with Crippen LogP contribution in [0.2, 0.25) is 0 Å². The van der Waals surface area contributed by atoms with Gasteiger partial charge in [-0.05, 0) is 25.2 Å². The summed E-state index contributed by atoms with van der Waals surface area (Å²) >= 11 is 0. The minimum atomic E-state index is -0.691. The summed E-state index contributed by atoms with van der Waals surface area (Å²) in [6.07, 6.45) is 7.01. The number of carbonyl (C=O) groups is 1. The van der Waals surface area contributed by atoms with Gasteiger partial charge in [-0.2, -0.15) is 0 Å². The first-order chi connectivity index (χ1) is 8.72. The van der Waals surface area contributed by atoms with Crippen molar-refractivity contribution in [2.45, 2.75) is 53.0 Å². The number of aliphatic carboxylic acids is 1. The number of rotatable bonds is 4. The van der Waals surface area contributed by atoms with Crippen LogP contribution in [-0.2, 0) is 4.79 Å². The highest BCUT2D eigenvalue weighted by Gasteiger charge is 2.09. The monoisotopic (exact) mass is 267 g/mol. The molecule has 0 amide bonds. The van der Waals surface area contributed by atoms with Gasteiger partial charge in [-0.1, -0.05) is 20.8 Å². The minimum Gasteiger partial charge on any atom is -0.481 e. The van der Waals surface area contributed by atoms with E-state index in [-0.39, 0.29) is 11.5 Å². The maximum absolute atomic E-state index is 10.1. The molecule has 108 valence electrons. The zero-order chi connectivity index (χ0) is 14.9. The van der Waals surface area contributed by atoms with E-state index >= 15 is 0 Å². The lowest BCUT2D eigenvalue weighted by Crippen LogP contribution is -2.05. The molecule has 0 fully saturated rings. The fourth-order valence-electron chi connectivity index (χ4n) is 1.32. The molecule has 5 heteroatoms. The Morgan fingerprint density at radius 3 is 2.21 bits per heavy atom. The first-order valence-corrected chi connectivity index (χ1v) is 6.44. The third kappa shape index (κ3) is 11.3. The average Bonchev–Trinajstić information content (AvgIpc) is 2.28. The van der Waals surface area contributed by atoms with Crippen molar-refractivity contribution in [3.63, 3.8) is 0 Å². The van der Waals surface area contributed by atoms with Crippen molar-refractivity contribution in [2.75, 3.05) is 0 Å². The molecule has 0 aliphatic heterocycles. The summed E-state index contributed by atoms with van der Waals surface area (Å²) in [6.45, 7) is 8.26. The smallest absolute Gasteiger partial charge is 0.303 e. The van der Waals surface area contributed by atoms with Gasteiger partial charge in [-0.25, -0.2) is 9.97 Å². The van der Waals surface area contributed by atoms with Crippen molar-refractivity contribution in [1.29, 1.82) is 0 Å². The van der Waals surface area contributed by atoms with Gasteiger partial charge >= 0.3 is 5.97 Å². The number of carboxylic acids is 1. The number of nitrogens with zero attached hydrogens (tertiary/aromatic N) is 2. The molecule has 1 aromatic heterocycles. The van der Waals surface area contributed by atoms with Gasteiger partial charge in [0.05, 0.1) is 0 Å².